The molecule has 2 rings (SSSR count). The molecule has 0 spiro atoms. The Bertz CT molecular complexity index is 491. The van der Waals surface area contributed by atoms with Gasteiger partial charge in [-0.1, -0.05) is 44.2 Å². The van der Waals surface area contributed by atoms with Crippen molar-refractivity contribution in [1.82, 2.24) is 10.3 Å². The van der Waals surface area contributed by atoms with Crippen LogP contribution in [0.1, 0.15) is 43.0 Å². The predicted molar refractivity (Wildman–Crippen MR) is 84.8 cm³/mol. The third-order valence-electron chi connectivity index (χ3n) is 3.69. The fourth-order valence-corrected chi connectivity index (χ4v) is 2.48. The van der Waals surface area contributed by atoms with E-state index in [1.165, 1.54) is 16.7 Å². The monoisotopic (exact) mass is 268 g/mol. The zero-order chi connectivity index (χ0) is 14.2. The summed E-state index contributed by atoms with van der Waals surface area (Å²) in [5, 5.41) is 3.59. The van der Waals surface area contributed by atoms with Crippen LogP contribution in [0.3, 0.4) is 0 Å². The molecule has 20 heavy (non-hydrogen) atoms. The standard InChI is InChI=1S/C18H24N2/c1-3-15-7-10-17(11-8-15)18(20-4-2)12-9-16-6-5-13-19-14-16/h5-8,10-11,13-14,18,20H,3-4,9,12H2,1-2H3. The van der Waals surface area contributed by atoms with Crippen LogP contribution in [0.25, 0.3) is 0 Å². The maximum atomic E-state index is 4.18. The van der Waals surface area contributed by atoms with Crippen molar-refractivity contribution in [2.75, 3.05) is 6.54 Å². The molecule has 2 heteroatoms. The van der Waals surface area contributed by atoms with Gasteiger partial charge in [0.15, 0.2) is 0 Å². The van der Waals surface area contributed by atoms with Crippen LogP contribution in [0.15, 0.2) is 48.8 Å². The molecule has 2 aromatic rings. The van der Waals surface area contributed by atoms with E-state index in [9.17, 15) is 0 Å². The Hall–Kier alpha value is -1.67. The van der Waals surface area contributed by atoms with Gasteiger partial charge in [0.05, 0.1) is 0 Å². The van der Waals surface area contributed by atoms with Crippen LogP contribution in [-0.4, -0.2) is 11.5 Å². The highest BCUT2D eigenvalue weighted by molar-refractivity contribution is 5.25. The number of benzene rings is 1. The van der Waals surface area contributed by atoms with Gasteiger partial charge in [-0.15, -0.1) is 0 Å². The summed E-state index contributed by atoms with van der Waals surface area (Å²) in [6.45, 7) is 5.35. The average molecular weight is 268 g/mol. The summed E-state index contributed by atoms with van der Waals surface area (Å²) in [6.07, 6.45) is 7.05. The lowest BCUT2D eigenvalue weighted by Gasteiger charge is -2.18. The summed E-state index contributed by atoms with van der Waals surface area (Å²) in [6, 6.07) is 13.6. The highest BCUT2D eigenvalue weighted by atomic mass is 14.9. The number of aryl methyl sites for hydroxylation is 2. The molecule has 0 saturated heterocycles. The minimum atomic E-state index is 0.422. The number of aromatic nitrogens is 1. The lowest BCUT2D eigenvalue weighted by Crippen LogP contribution is -2.21. The Labute approximate surface area is 122 Å². The SMILES string of the molecule is CCNC(CCc1cccnc1)c1ccc(CC)cc1. The van der Waals surface area contributed by atoms with Crippen molar-refractivity contribution in [3.63, 3.8) is 0 Å². The number of nitrogens with zero attached hydrogens (tertiary/aromatic N) is 1. The number of nitrogens with one attached hydrogen (secondary N) is 1. The smallest absolute Gasteiger partial charge is 0.0323 e. The van der Waals surface area contributed by atoms with Crippen LogP contribution in [0.5, 0.6) is 0 Å². The Morgan fingerprint density at radius 1 is 1.05 bits per heavy atom. The van der Waals surface area contributed by atoms with Gasteiger partial charge < -0.3 is 5.32 Å². The number of pyridine rings is 1. The minimum absolute atomic E-state index is 0.422. The van der Waals surface area contributed by atoms with Gasteiger partial charge in [-0.2, -0.15) is 0 Å². The second-order valence-electron chi connectivity index (χ2n) is 5.11. The molecule has 0 aliphatic carbocycles. The molecule has 1 unspecified atom stereocenters. The Morgan fingerprint density at radius 2 is 1.85 bits per heavy atom. The van der Waals surface area contributed by atoms with Crippen molar-refractivity contribution in [3.8, 4) is 0 Å². The summed E-state index contributed by atoms with van der Waals surface area (Å²) in [5.74, 6) is 0. The highest BCUT2D eigenvalue weighted by Crippen LogP contribution is 2.20. The highest BCUT2D eigenvalue weighted by Gasteiger charge is 2.10. The molecule has 0 aliphatic heterocycles. The van der Waals surface area contributed by atoms with E-state index >= 15 is 0 Å². The summed E-state index contributed by atoms with van der Waals surface area (Å²) in [5.41, 5.74) is 4.09. The Balaban J connectivity index is 2.02. The van der Waals surface area contributed by atoms with Gasteiger partial charge in [0.1, 0.15) is 0 Å². The van der Waals surface area contributed by atoms with Crippen molar-refractivity contribution in [2.24, 2.45) is 0 Å². The predicted octanol–water partition coefficient (Wildman–Crippen LogP) is 3.93. The van der Waals surface area contributed by atoms with Crippen molar-refractivity contribution in [2.45, 2.75) is 39.2 Å². The first-order valence-electron chi connectivity index (χ1n) is 7.54. The van der Waals surface area contributed by atoms with E-state index in [1.807, 2.05) is 18.5 Å². The first-order valence-corrected chi connectivity index (χ1v) is 7.54. The molecule has 1 aromatic heterocycles. The van der Waals surface area contributed by atoms with Crippen LogP contribution < -0.4 is 5.32 Å². The lowest BCUT2D eigenvalue weighted by atomic mass is 9.98. The number of hydrogen-bond donors (Lipinski definition) is 1. The van der Waals surface area contributed by atoms with Crippen molar-refractivity contribution < 1.29 is 0 Å². The Kier molecular flexibility index (Phi) is 5.75. The van der Waals surface area contributed by atoms with E-state index in [0.29, 0.717) is 6.04 Å². The van der Waals surface area contributed by atoms with Gasteiger partial charge in [-0.05, 0) is 48.6 Å². The third kappa shape index (κ3) is 4.17. The molecule has 0 aliphatic rings. The topological polar surface area (TPSA) is 24.9 Å². The third-order valence-corrected chi connectivity index (χ3v) is 3.69. The first-order chi connectivity index (χ1) is 9.83. The minimum Gasteiger partial charge on any atom is -0.310 e. The zero-order valence-electron chi connectivity index (χ0n) is 12.5. The summed E-state index contributed by atoms with van der Waals surface area (Å²) < 4.78 is 0. The molecule has 1 atom stereocenters. The van der Waals surface area contributed by atoms with Crippen LogP contribution in [0.2, 0.25) is 0 Å². The quantitative estimate of drug-likeness (QED) is 0.823. The summed E-state index contributed by atoms with van der Waals surface area (Å²) in [7, 11) is 0. The second-order valence-corrected chi connectivity index (χ2v) is 5.11. The summed E-state index contributed by atoms with van der Waals surface area (Å²) in [4.78, 5) is 4.18. The molecule has 106 valence electrons. The molecule has 0 amide bonds. The van der Waals surface area contributed by atoms with E-state index in [1.54, 1.807) is 0 Å². The molecule has 0 bridgehead atoms. The van der Waals surface area contributed by atoms with Crippen LogP contribution in [0.4, 0.5) is 0 Å². The van der Waals surface area contributed by atoms with E-state index in [4.69, 9.17) is 0 Å². The maximum absolute atomic E-state index is 4.18. The molecule has 2 nitrogen and oxygen atoms in total. The first kappa shape index (κ1) is 14.7. The molecule has 1 N–H and O–H groups in total. The van der Waals surface area contributed by atoms with Crippen molar-refractivity contribution >= 4 is 0 Å². The van der Waals surface area contributed by atoms with Gasteiger partial charge in [-0.3, -0.25) is 4.98 Å². The largest absolute Gasteiger partial charge is 0.310 e. The van der Waals surface area contributed by atoms with Crippen molar-refractivity contribution in [1.29, 1.82) is 0 Å². The molecule has 0 fully saturated rings. The van der Waals surface area contributed by atoms with Gasteiger partial charge in [0.25, 0.3) is 0 Å². The fraction of sp³-hybridized carbons (Fsp3) is 0.389. The van der Waals surface area contributed by atoms with Gasteiger partial charge in [-0.25, -0.2) is 0 Å². The molecule has 1 heterocycles. The second kappa shape index (κ2) is 7.81. The normalized spacial score (nSPS) is 12.3. The lowest BCUT2D eigenvalue weighted by molar-refractivity contribution is 0.515. The van der Waals surface area contributed by atoms with Gasteiger partial charge in [0, 0.05) is 18.4 Å². The number of rotatable bonds is 7. The van der Waals surface area contributed by atoms with Crippen LogP contribution >= 0.6 is 0 Å². The molecule has 1 aromatic carbocycles. The molecule has 0 saturated carbocycles. The molecular weight excluding hydrogens is 244 g/mol. The van der Waals surface area contributed by atoms with Crippen LogP contribution in [0, 0.1) is 0 Å². The van der Waals surface area contributed by atoms with Crippen LogP contribution in [-0.2, 0) is 12.8 Å². The van der Waals surface area contributed by atoms with E-state index in [2.05, 4.69) is 54.5 Å². The zero-order valence-corrected chi connectivity index (χ0v) is 12.5. The van der Waals surface area contributed by atoms with Gasteiger partial charge >= 0.3 is 0 Å². The van der Waals surface area contributed by atoms with E-state index in [-0.39, 0.29) is 0 Å². The van der Waals surface area contributed by atoms with E-state index < -0.39 is 0 Å². The fourth-order valence-electron chi connectivity index (χ4n) is 2.48. The maximum Gasteiger partial charge on any atom is 0.0323 e. The molecule has 0 radical (unpaired) electrons. The summed E-state index contributed by atoms with van der Waals surface area (Å²) >= 11 is 0. The molecular formula is C18H24N2. The number of hydrogen-bond acceptors (Lipinski definition) is 2. The van der Waals surface area contributed by atoms with E-state index in [0.717, 1.165) is 25.8 Å². The van der Waals surface area contributed by atoms with Gasteiger partial charge in [0.2, 0.25) is 0 Å². The van der Waals surface area contributed by atoms with Crippen molar-refractivity contribution in [3.05, 3.63) is 65.5 Å². The average Bonchev–Trinajstić information content (AvgIpc) is 2.52. The Morgan fingerprint density at radius 3 is 2.45 bits per heavy atom.